The number of thiazole rings is 1. The number of aryl methyl sites for hydroxylation is 1. The van der Waals surface area contributed by atoms with Crippen LogP contribution in [0.25, 0.3) is 11.3 Å². The normalized spacial score (nSPS) is 17.3. The summed E-state index contributed by atoms with van der Waals surface area (Å²) in [5.74, 6) is -0.840. The molecule has 122 valence electrons. The van der Waals surface area contributed by atoms with Crippen molar-refractivity contribution in [2.24, 2.45) is 0 Å². The second-order valence-electron chi connectivity index (χ2n) is 5.74. The molecule has 2 aromatic rings. The fraction of sp³-hybridized carbons (Fsp3) is 0.412. The Morgan fingerprint density at radius 2 is 2.22 bits per heavy atom. The number of anilines is 1. The molecule has 6 heteroatoms. The zero-order valence-corrected chi connectivity index (χ0v) is 13.9. The number of hydrogen-bond donors (Lipinski definition) is 2. The Morgan fingerprint density at radius 1 is 1.43 bits per heavy atom. The summed E-state index contributed by atoms with van der Waals surface area (Å²) in [6.07, 6.45) is 2.38. The number of carboxylic acids is 1. The number of hydrogen-bond acceptors (Lipinski definition) is 5. The van der Waals surface area contributed by atoms with Gasteiger partial charge in [-0.05, 0) is 19.8 Å². The van der Waals surface area contributed by atoms with Crippen LogP contribution in [-0.4, -0.2) is 35.3 Å². The molecule has 1 aromatic carbocycles. The largest absolute Gasteiger partial charge is 0.481 e. The van der Waals surface area contributed by atoms with Gasteiger partial charge in [0.2, 0.25) is 0 Å². The highest BCUT2D eigenvalue weighted by atomic mass is 32.1. The van der Waals surface area contributed by atoms with Gasteiger partial charge in [-0.2, -0.15) is 0 Å². The van der Waals surface area contributed by atoms with E-state index in [2.05, 4.69) is 10.3 Å². The van der Waals surface area contributed by atoms with E-state index < -0.39 is 5.97 Å². The molecule has 0 radical (unpaired) electrons. The highest BCUT2D eigenvalue weighted by Crippen LogP contribution is 2.32. The van der Waals surface area contributed by atoms with E-state index in [9.17, 15) is 4.79 Å². The molecule has 23 heavy (non-hydrogen) atoms. The van der Waals surface area contributed by atoms with Gasteiger partial charge in [0.25, 0.3) is 0 Å². The van der Waals surface area contributed by atoms with Gasteiger partial charge in [-0.3, -0.25) is 4.79 Å². The molecule has 0 amide bonds. The van der Waals surface area contributed by atoms with Crippen molar-refractivity contribution in [3.8, 4) is 11.3 Å². The Bertz CT molecular complexity index is 676. The molecule has 1 atom stereocenters. The van der Waals surface area contributed by atoms with Gasteiger partial charge >= 0.3 is 5.97 Å². The number of aliphatic carboxylic acids is 1. The summed E-state index contributed by atoms with van der Waals surface area (Å²) in [6, 6.07) is 8.00. The Hall–Kier alpha value is -1.92. The van der Waals surface area contributed by atoms with Gasteiger partial charge in [0.1, 0.15) is 0 Å². The molecule has 1 aliphatic rings. The van der Waals surface area contributed by atoms with Crippen molar-refractivity contribution in [2.75, 3.05) is 18.5 Å². The number of carbonyl (C=O) groups is 1. The Morgan fingerprint density at radius 3 is 2.87 bits per heavy atom. The summed E-state index contributed by atoms with van der Waals surface area (Å²) >= 11 is 1.41. The number of aromatic nitrogens is 1. The monoisotopic (exact) mass is 332 g/mol. The molecule has 3 rings (SSSR count). The standard InChI is InChI=1S/C17H20N2O3S/c1-11-4-6-12(7-5-11)16-14(9-15(20)21)23-17(19-16)18-10-13-3-2-8-22-13/h4-7,13H,2-3,8-10H2,1H3,(H,18,19)(H,20,21). The predicted octanol–water partition coefficient (Wildman–Crippen LogP) is 3.34. The van der Waals surface area contributed by atoms with Crippen molar-refractivity contribution < 1.29 is 14.6 Å². The lowest BCUT2D eigenvalue weighted by Crippen LogP contribution is -2.18. The maximum atomic E-state index is 11.1. The average molecular weight is 332 g/mol. The van der Waals surface area contributed by atoms with Crippen LogP contribution in [0, 0.1) is 6.92 Å². The van der Waals surface area contributed by atoms with Crippen LogP contribution in [0.15, 0.2) is 24.3 Å². The van der Waals surface area contributed by atoms with Crippen LogP contribution in [-0.2, 0) is 16.0 Å². The Balaban J connectivity index is 1.80. The summed E-state index contributed by atoms with van der Waals surface area (Å²) in [4.78, 5) is 16.5. The summed E-state index contributed by atoms with van der Waals surface area (Å²) < 4.78 is 5.59. The highest BCUT2D eigenvalue weighted by Gasteiger charge is 2.18. The van der Waals surface area contributed by atoms with Gasteiger partial charge in [-0.25, -0.2) is 4.98 Å². The van der Waals surface area contributed by atoms with E-state index in [0.717, 1.165) is 40.7 Å². The van der Waals surface area contributed by atoms with E-state index in [1.54, 1.807) is 0 Å². The molecule has 0 spiro atoms. The molecular formula is C17H20N2O3S. The van der Waals surface area contributed by atoms with Crippen LogP contribution in [0.2, 0.25) is 0 Å². The summed E-state index contributed by atoms with van der Waals surface area (Å²) in [5.41, 5.74) is 2.88. The number of ether oxygens (including phenoxy) is 1. The fourth-order valence-corrected chi connectivity index (χ4v) is 3.61. The van der Waals surface area contributed by atoms with Crippen LogP contribution in [0.1, 0.15) is 23.3 Å². The lowest BCUT2D eigenvalue weighted by Gasteiger charge is -2.09. The third-order valence-corrected chi connectivity index (χ3v) is 4.85. The zero-order valence-electron chi connectivity index (χ0n) is 13.0. The Labute approximate surface area is 139 Å². The van der Waals surface area contributed by atoms with E-state index in [-0.39, 0.29) is 12.5 Å². The van der Waals surface area contributed by atoms with Gasteiger partial charge < -0.3 is 15.2 Å². The average Bonchev–Trinajstić information content (AvgIpc) is 3.15. The second-order valence-corrected chi connectivity index (χ2v) is 6.83. The van der Waals surface area contributed by atoms with E-state index in [1.165, 1.54) is 16.9 Å². The minimum atomic E-state index is -0.840. The number of carboxylic acid groups (broad SMARTS) is 1. The molecule has 0 saturated carbocycles. The minimum Gasteiger partial charge on any atom is -0.481 e. The topological polar surface area (TPSA) is 71.5 Å². The first-order chi connectivity index (χ1) is 11.1. The molecule has 5 nitrogen and oxygen atoms in total. The third-order valence-electron chi connectivity index (χ3n) is 3.84. The van der Waals surface area contributed by atoms with Crippen molar-refractivity contribution in [3.63, 3.8) is 0 Å². The molecule has 2 heterocycles. The fourth-order valence-electron chi connectivity index (χ4n) is 2.63. The quantitative estimate of drug-likeness (QED) is 0.849. The van der Waals surface area contributed by atoms with Gasteiger partial charge in [0.15, 0.2) is 5.13 Å². The van der Waals surface area contributed by atoms with Gasteiger partial charge in [0, 0.05) is 23.6 Å². The van der Waals surface area contributed by atoms with E-state index in [4.69, 9.17) is 9.84 Å². The van der Waals surface area contributed by atoms with Crippen molar-refractivity contribution in [1.29, 1.82) is 0 Å². The number of nitrogens with zero attached hydrogens (tertiary/aromatic N) is 1. The lowest BCUT2D eigenvalue weighted by atomic mass is 10.1. The molecule has 0 aliphatic carbocycles. The van der Waals surface area contributed by atoms with Crippen molar-refractivity contribution in [1.82, 2.24) is 4.98 Å². The van der Waals surface area contributed by atoms with Crippen molar-refractivity contribution in [2.45, 2.75) is 32.3 Å². The first kappa shape index (κ1) is 16.0. The molecule has 0 bridgehead atoms. The first-order valence-corrected chi connectivity index (χ1v) is 8.57. The summed E-state index contributed by atoms with van der Waals surface area (Å²) in [5, 5.41) is 13.2. The molecule has 2 N–H and O–H groups in total. The smallest absolute Gasteiger partial charge is 0.308 e. The highest BCUT2D eigenvalue weighted by molar-refractivity contribution is 7.16. The summed E-state index contributed by atoms with van der Waals surface area (Å²) in [6.45, 7) is 3.56. The van der Waals surface area contributed by atoms with E-state index in [0.29, 0.717) is 6.54 Å². The van der Waals surface area contributed by atoms with Crippen molar-refractivity contribution in [3.05, 3.63) is 34.7 Å². The minimum absolute atomic E-state index is 0.0114. The van der Waals surface area contributed by atoms with Crippen LogP contribution in [0.3, 0.4) is 0 Å². The Kier molecular flexibility index (Phi) is 4.93. The van der Waals surface area contributed by atoms with Gasteiger partial charge in [0.05, 0.1) is 18.2 Å². The first-order valence-electron chi connectivity index (χ1n) is 7.76. The van der Waals surface area contributed by atoms with E-state index >= 15 is 0 Å². The summed E-state index contributed by atoms with van der Waals surface area (Å²) in [7, 11) is 0. The zero-order chi connectivity index (χ0) is 16.2. The number of rotatable bonds is 6. The van der Waals surface area contributed by atoms with Gasteiger partial charge in [-0.1, -0.05) is 29.8 Å². The number of benzene rings is 1. The van der Waals surface area contributed by atoms with Crippen LogP contribution >= 0.6 is 11.3 Å². The van der Waals surface area contributed by atoms with Crippen LogP contribution in [0.5, 0.6) is 0 Å². The maximum Gasteiger partial charge on any atom is 0.308 e. The predicted molar refractivity (Wildman–Crippen MR) is 91.1 cm³/mol. The van der Waals surface area contributed by atoms with Crippen LogP contribution < -0.4 is 5.32 Å². The van der Waals surface area contributed by atoms with Crippen molar-refractivity contribution >= 4 is 22.4 Å². The van der Waals surface area contributed by atoms with Crippen LogP contribution in [0.4, 0.5) is 5.13 Å². The maximum absolute atomic E-state index is 11.1. The number of nitrogens with one attached hydrogen (secondary N) is 1. The molecule has 1 fully saturated rings. The van der Waals surface area contributed by atoms with Gasteiger partial charge in [-0.15, -0.1) is 11.3 Å². The SMILES string of the molecule is Cc1ccc(-c2nc(NCC3CCCO3)sc2CC(=O)O)cc1. The van der Waals surface area contributed by atoms with E-state index in [1.807, 2.05) is 31.2 Å². The lowest BCUT2D eigenvalue weighted by molar-refractivity contribution is -0.136. The molecule has 1 unspecified atom stereocenters. The molecule has 1 saturated heterocycles. The second kappa shape index (κ2) is 7.10. The third kappa shape index (κ3) is 4.09. The molecular weight excluding hydrogens is 312 g/mol. The molecule has 1 aromatic heterocycles. The molecule has 1 aliphatic heterocycles.